The van der Waals surface area contributed by atoms with Gasteiger partial charge in [-0.2, -0.15) is 0 Å². The van der Waals surface area contributed by atoms with Gasteiger partial charge < -0.3 is 5.32 Å². The van der Waals surface area contributed by atoms with Crippen LogP contribution in [0, 0.1) is 17.0 Å². The molecule has 1 unspecified atom stereocenters. The monoisotopic (exact) mass is 282 g/mol. The second-order valence-electron chi connectivity index (χ2n) is 5.82. The van der Waals surface area contributed by atoms with Gasteiger partial charge >= 0.3 is 0 Å². The number of nitro groups is 1. The van der Waals surface area contributed by atoms with Gasteiger partial charge in [-0.05, 0) is 30.0 Å². The Morgan fingerprint density at radius 3 is 2.62 bits per heavy atom. The number of nitrogens with zero attached hydrogens (tertiary/aromatic N) is 1. The van der Waals surface area contributed by atoms with Gasteiger partial charge in [0.2, 0.25) is 0 Å². The van der Waals surface area contributed by atoms with Gasteiger partial charge in [0, 0.05) is 29.8 Å². The first kappa shape index (κ1) is 13.6. The summed E-state index contributed by atoms with van der Waals surface area (Å²) < 4.78 is 0. The molecule has 4 nitrogen and oxygen atoms in total. The van der Waals surface area contributed by atoms with E-state index in [2.05, 4.69) is 24.4 Å². The third kappa shape index (κ3) is 2.17. The van der Waals surface area contributed by atoms with Gasteiger partial charge in [-0.1, -0.05) is 37.3 Å². The maximum Gasteiger partial charge on any atom is 0.270 e. The summed E-state index contributed by atoms with van der Waals surface area (Å²) in [4.78, 5) is 10.9. The SMILES string of the molecule is Cc1cc([N+](=O)[O-])cc2c1NCCC2(C)c1ccccc1. The minimum Gasteiger partial charge on any atom is -0.385 e. The highest BCUT2D eigenvalue weighted by Gasteiger charge is 2.35. The topological polar surface area (TPSA) is 55.2 Å². The first-order valence-corrected chi connectivity index (χ1v) is 7.11. The number of fused-ring (bicyclic) bond motifs is 1. The van der Waals surface area contributed by atoms with Crippen LogP contribution in [0.25, 0.3) is 0 Å². The molecule has 1 heterocycles. The number of non-ortho nitro benzene ring substituents is 1. The van der Waals surface area contributed by atoms with Crippen LogP contribution >= 0.6 is 0 Å². The maximum absolute atomic E-state index is 11.2. The van der Waals surface area contributed by atoms with E-state index in [0.29, 0.717) is 0 Å². The molecular weight excluding hydrogens is 264 g/mol. The van der Waals surface area contributed by atoms with E-state index in [4.69, 9.17) is 0 Å². The van der Waals surface area contributed by atoms with Crippen molar-refractivity contribution in [3.05, 3.63) is 69.3 Å². The Morgan fingerprint density at radius 2 is 1.95 bits per heavy atom. The summed E-state index contributed by atoms with van der Waals surface area (Å²) in [5.41, 5.74) is 4.16. The lowest BCUT2D eigenvalue weighted by atomic mass is 9.71. The molecule has 4 heteroatoms. The molecule has 108 valence electrons. The van der Waals surface area contributed by atoms with Gasteiger partial charge in [-0.3, -0.25) is 10.1 Å². The number of nitrogens with one attached hydrogen (secondary N) is 1. The van der Waals surface area contributed by atoms with E-state index >= 15 is 0 Å². The molecule has 3 rings (SSSR count). The van der Waals surface area contributed by atoms with E-state index in [1.54, 1.807) is 12.1 Å². The van der Waals surface area contributed by atoms with Crippen LogP contribution in [0.5, 0.6) is 0 Å². The third-order valence-corrected chi connectivity index (χ3v) is 4.46. The van der Waals surface area contributed by atoms with Crippen molar-refractivity contribution in [1.29, 1.82) is 0 Å². The smallest absolute Gasteiger partial charge is 0.270 e. The van der Waals surface area contributed by atoms with E-state index in [1.165, 1.54) is 5.56 Å². The van der Waals surface area contributed by atoms with Gasteiger partial charge in [-0.25, -0.2) is 0 Å². The number of benzene rings is 2. The molecule has 0 saturated heterocycles. The molecule has 1 aliphatic rings. The second kappa shape index (κ2) is 4.88. The van der Waals surface area contributed by atoms with Crippen molar-refractivity contribution in [1.82, 2.24) is 0 Å². The molecule has 0 spiro atoms. The number of nitro benzene ring substituents is 1. The Labute approximate surface area is 124 Å². The summed E-state index contributed by atoms with van der Waals surface area (Å²) in [5, 5.41) is 14.6. The zero-order valence-electron chi connectivity index (χ0n) is 12.2. The predicted molar refractivity (Wildman–Crippen MR) is 83.8 cm³/mol. The zero-order valence-corrected chi connectivity index (χ0v) is 12.2. The van der Waals surface area contributed by atoms with Gasteiger partial charge in [-0.15, -0.1) is 0 Å². The standard InChI is InChI=1S/C17H18N2O2/c1-12-10-14(19(20)21)11-15-16(12)18-9-8-17(15,2)13-6-4-3-5-7-13/h3-7,10-11,18H,8-9H2,1-2H3. The van der Waals surface area contributed by atoms with Crippen LogP contribution in [0.2, 0.25) is 0 Å². The first-order valence-electron chi connectivity index (χ1n) is 7.11. The van der Waals surface area contributed by atoms with Gasteiger partial charge in [0.25, 0.3) is 5.69 Å². The van der Waals surface area contributed by atoms with Crippen molar-refractivity contribution >= 4 is 11.4 Å². The Balaban J connectivity index is 2.23. The maximum atomic E-state index is 11.2. The van der Waals surface area contributed by atoms with Crippen LogP contribution in [0.15, 0.2) is 42.5 Å². The van der Waals surface area contributed by atoms with Crippen LogP contribution in [-0.4, -0.2) is 11.5 Å². The molecule has 0 aromatic heterocycles. The number of rotatable bonds is 2. The average molecular weight is 282 g/mol. The van der Waals surface area contributed by atoms with Crippen LogP contribution in [0.1, 0.15) is 30.0 Å². The molecule has 0 radical (unpaired) electrons. The van der Waals surface area contributed by atoms with Crippen molar-refractivity contribution in [2.45, 2.75) is 25.7 Å². The van der Waals surface area contributed by atoms with Crippen molar-refractivity contribution in [3.63, 3.8) is 0 Å². The minimum atomic E-state index is -0.312. The molecule has 0 amide bonds. The quantitative estimate of drug-likeness (QED) is 0.668. The molecular formula is C17H18N2O2. The number of aryl methyl sites for hydroxylation is 1. The van der Waals surface area contributed by atoms with Crippen molar-refractivity contribution in [2.75, 3.05) is 11.9 Å². The van der Waals surface area contributed by atoms with E-state index < -0.39 is 0 Å². The van der Waals surface area contributed by atoms with E-state index in [1.807, 2.05) is 25.1 Å². The molecule has 2 aromatic rings. The van der Waals surface area contributed by atoms with Gasteiger partial charge in [0.1, 0.15) is 0 Å². The highest BCUT2D eigenvalue weighted by Crippen LogP contribution is 2.44. The molecule has 1 aliphatic heterocycles. The number of hydrogen-bond donors (Lipinski definition) is 1. The summed E-state index contributed by atoms with van der Waals surface area (Å²) >= 11 is 0. The highest BCUT2D eigenvalue weighted by atomic mass is 16.6. The first-order chi connectivity index (χ1) is 10.0. The fraction of sp³-hybridized carbons (Fsp3) is 0.294. The molecule has 1 N–H and O–H groups in total. The Morgan fingerprint density at radius 1 is 1.24 bits per heavy atom. The molecule has 0 bridgehead atoms. The van der Waals surface area contributed by atoms with Gasteiger partial charge in [0.15, 0.2) is 0 Å². The van der Waals surface area contributed by atoms with Gasteiger partial charge in [0.05, 0.1) is 4.92 Å². The largest absolute Gasteiger partial charge is 0.385 e. The molecule has 2 aromatic carbocycles. The summed E-state index contributed by atoms with van der Waals surface area (Å²) in [5.74, 6) is 0. The fourth-order valence-electron chi connectivity index (χ4n) is 3.22. The summed E-state index contributed by atoms with van der Waals surface area (Å²) in [6.45, 7) is 4.97. The average Bonchev–Trinajstić information content (AvgIpc) is 2.49. The Hall–Kier alpha value is -2.36. The van der Waals surface area contributed by atoms with Crippen molar-refractivity contribution in [3.8, 4) is 0 Å². The van der Waals surface area contributed by atoms with Crippen molar-refractivity contribution in [2.24, 2.45) is 0 Å². The van der Waals surface area contributed by atoms with Crippen molar-refractivity contribution < 1.29 is 4.92 Å². The third-order valence-electron chi connectivity index (χ3n) is 4.46. The predicted octanol–water partition coefficient (Wildman–Crippen LogP) is 4.02. The van der Waals surface area contributed by atoms with E-state index in [9.17, 15) is 10.1 Å². The molecule has 0 saturated carbocycles. The van der Waals surface area contributed by atoms with Crippen LogP contribution in [-0.2, 0) is 5.41 Å². The molecule has 1 atom stereocenters. The Bertz CT molecular complexity index is 697. The number of anilines is 1. The molecule has 0 fully saturated rings. The lowest BCUT2D eigenvalue weighted by molar-refractivity contribution is -0.385. The normalized spacial score (nSPS) is 20.5. The summed E-state index contributed by atoms with van der Waals surface area (Å²) in [7, 11) is 0. The minimum absolute atomic E-state index is 0.164. The highest BCUT2D eigenvalue weighted by molar-refractivity contribution is 5.67. The van der Waals surface area contributed by atoms with Crippen LogP contribution < -0.4 is 5.32 Å². The lowest BCUT2D eigenvalue weighted by Crippen LogP contribution is -2.33. The Kier molecular flexibility index (Phi) is 3.16. The second-order valence-corrected chi connectivity index (χ2v) is 5.82. The number of hydrogen-bond acceptors (Lipinski definition) is 3. The van der Waals surface area contributed by atoms with E-state index in [-0.39, 0.29) is 16.0 Å². The summed E-state index contributed by atoms with van der Waals surface area (Å²) in [6.07, 6.45) is 0.921. The molecule has 0 aliphatic carbocycles. The summed E-state index contributed by atoms with van der Waals surface area (Å²) in [6, 6.07) is 13.6. The van der Waals surface area contributed by atoms with Crippen LogP contribution in [0.4, 0.5) is 11.4 Å². The molecule has 21 heavy (non-hydrogen) atoms. The lowest BCUT2D eigenvalue weighted by Gasteiger charge is -2.37. The zero-order chi connectivity index (χ0) is 15.0. The fourth-order valence-corrected chi connectivity index (χ4v) is 3.22. The van der Waals surface area contributed by atoms with E-state index in [0.717, 1.165) is 29.8 Å². The van der Waals surface area contributed by atoms with Crippen LogP contribution in [0.3, 0.4) is 0 Å².